The van der Waals surface area contributed by atoms with Crippen LogP contribution in [0.4, 0.5) is 0 Å². The zero-order valence-electron chi connectivity index (χ0n) is 8.18. The van der Waals surface area contributed by atoms with Crippen molar-refractivity contribution in [1.82, 2.24) is 0 Å². The molecule has 1 aliphatic rings. The van der Waals surface area contributed by atoms with Crippen molar-refractivity contribution in [2.45, 2.75) is 10.00 Å². The molecule has 0 radical (unpaired) electrons. The summed E-state index contributed by atoms with van der Waals surface area (Å²) in [5, 5.41) is 7.16. The van der Waals surface area contributed by atoms with Crippen LogP contribution in [0.15, 0.2) is 15.7 Å². The van der Waals surface area contributed by atoms with E-state index in [1.807, 2.05) is 0 Å². The molecular formula is C8H10BrNO4S2. The molecule has 90 valence electrons. The lowest BCUT2D eigenvalue weighted by Gasteiger charge is -2.25. The molecule has 2 rings (SSSR count). The minimum Gasteiger partial charge on any atom is -0.343 e. The molecule has 8 heteroatoms. The number of sulfonamides is 1. The van der Waals surface area contributed by atoms with Gasteiger partial charge in [-0.05, 0) is 11.4 Å². The van der Waals surface area contributed by atoms with Gasteiger partial charge >= 0.3 is 0 Å². The third-order valence-corrected chi connectivity index (χ3v) is 5.39. The summed E-state index contributed by atoms with van der Waals surface area (Å²) in [6.45, 7) is 0.872. The van der Waals surface area contributed by atoms with E-state index in [-0.39, 0.29) is 4.21 Å². The lowest BCUT2D eigenvalue weighted by atomic mass is 10.2. The van der Waals surface area contributed by atoms with E-state index in [1.54, 1.807) is 11.4 Å². The van der Waals surface area contributed by atoms with Crippen molar-refractivity contribution >= 4 is 37.3 Å². The second-order valence-corrected chi connectivity index (χ2v) is 6.48. The van der Waals surface area contributed by atoms with Gasteiger partial charge in [-0.15, -0.1) is 11.3 Å². The molecule has 2 heterocycles. The Morgan fingerprint density at radius 3 is 2.62 bits per heavy atom. The molecule has 1 saturated heterocycles. The first-order valence-corrected chi connectivity index (χ1v) is 7.99. The van der Waals surface area contributed by atoms with Crippen molar-refractivity contribution in [2.24, 2.45) is 5.14 Å². The summed E-state index contributed by atoms with van der Waals surface area (Å²) < 4.78 is 33.8. The zero-order chi connectivity index (χ0) is 11.8. The summed E-state index contributed by atoms with van der Waals surface area (Å²) in [6, 6.07) is 1.66. The SMILES string of the molecule is NS(=O)(=O)c1sccc1C1(CBr)OCCO1. The summed E-state index contributed by atoms with van der Waals surface area (Å²) in [6.07, 6.45) is 0. The maximum Gasteiger partial charge on any atom is 0.248 e. The van der Waals surface area contributed by atoms with Crippen LogP contribution in [0.1, 0.15) is 5.56 Å². The number of primary sulfonamides is 1. The van der Waals surface area contributed by atoms with E-state index in [2.05, 4.69) is 15.9 Å². The topological polar surface area (TPSA) is 78.6 Å². The molecule has 0 spiro atoms. The minimum atomic E-state index is -3.74. The Kier molecular flexibility index (Phi) is 3.39. The summed E-state index contributed by atoms with van der Waals surface area (Å²) in [4.78, 5) is 0. The maximum atomic E-state index is 11.4. The highest BCUT2D eigenvalue weighted by Crippen LogP contribution is 2.38. The molecule has 1 aromatic rings. The summed E-state index contributed by atoms with van der Waals surface area (Å²) in [5.41, 5.74) is 0.467. The molecule has 0 amide bonds. The number of hydrogen-bond acceptors (Lipinski definition) is 5. The van der Waals surface area contributed by atoms with E-state index in [4.69, 9.17) is 14.6 Å². The molecular weight excluding hydrogens is 318 g/mol. The number of hydrogen-bond donors (Lipinski definition) is 1. The molecule has 2 N–H and O–H groups in total. The normalized spacial score (nSPS) is 20.1. The van der Waals surface area contributed by atoms with Crippen LogP contribution in [0.5, 0.6) is 0 Å². The van der Waals surface area contributed by atoms with Crippen LogP contribution in [0.25, 0.3) is 0 Å². The van der Waals surface area contributed by atoms with Gasteiger partial charge in [0.25, 0.3) is 0 Å². The Bertz CT molecular complexity index is 478. The van der Waals surface area contributed by atoms with Crippen LogP contribution in [0, 0.1) is 0 Å². The summed E-state index contributed by atoms with van der Waals surface area (Å²) >= 11 is 4.34. The minimum absolute atomic E-state index is 0.0915. The molecule has 1 aliphatic heterocycles. The summed E-state index contributed by atoms with van der Waals surface area (Å²) in [5.74, 6) is -1.03. The molecule has 0 atom stereocenters. The fraction of sp³-hybridized carbons (Fsp3) is 0.500. The van der Waals surface area contributed by atoms with Gasteiger partial charge in [-0.2, -0.15) is 0 Å². The molecule has 0 aromatic carbocycles. The van der Waals surface area contributed by atoms with E-state index in [1.165, 1.54) is 0 Å². The monoisotopic (exact) mass is 327 g/mol. The smallest absolute Gasteiger partial charge is 0.248 e. The quantitative estimate of drug-likeness (QED) is 0.840. The van der Waals surface area contributed by atoms with Crippen LogP contribution < -0.4 is 5.14 Å². The molecule has 1 fully saturated rings. The first kappa shape index (κ1) is 12.5. The zero-order valence-corrected chi connectivity index (χ0v) is 11.4. The Hall–Kier alpha value is 0.01000. The highest BCUT2D eigenvalue weighted by Gasteiger charge is 2.41. The fourth-order valence-corrected chi connectivity index (χ4v) is 4.09. The molecule has 5 nitrogen and oxygen atoms in total. The second-order valence-electron chi connectivity index (χ2n) is 3.25. The van der Waals surface area contributed by atoms with Crippen molar-refractivity contribution in [3.05, 3.63) is 17.0 Å². The third kappa shape index (κ3) is 2.05. The van der Waals surface area contributed by atoms with Crippen LogP contribution in [-0.4, -0.2) is 27.0 Å². The Morgan fingerprint density at radius 1 is 1.50 bits per heavy atom. The fourth-order valence-electron chi connectivity index (χ4n) is 1.56. The number of alkyl halides is 1. The van der Waals surface area contributed by atoms with Gasteiger partial charge in [0.1, 0.15) is 4.21 Å². The van der Waals surface area contributed by atoms with Gasteiger partial charge in [0.2, 0.25) is 15.8 Å². The molecule has 1 aromatic heterocycles. The first-order chi connectivity index (χ1) is 7.49. The predicted octanol–water partition coefficient (Wildman–Crippen LogP) is 0.990. The van der Waals surface area contributed by atoms with Crippen molar-refractivity contribution in [1.29, 1.82) is 0 Å². The van der Waals surface area contributed by atoms with Crippen LogP contribution in [0.2, 0.25) is 0 Å². The predicted molar refractivity (Wildman–Crippen MR) is 63.1 cm³/mol. The molecule has 16 heavy (non-hydrogen) atoms. The standard InChI is InChI=1S/C8H10BrNO4S2/c9-5-8(13-2-3-14-8)6-1-4-15-7(6)16(10,11)12/h1,4H,2-3,5H2,(H2,10,11,12). The Balaban J connectivity index is 2.52. The third-order valence-electron chi connectivity index (χ3n) is 2.23. The Labute approximate surface area is 106 Å². The van der Waals surface area contributed by atoms with Crippen molar-refractivity contribution in [3.8, 4) is 0 Å². The largest absolute Gasteiger partial charge is 0.343 e. The number of nitrogens with two attached hydrogens (primary N) is 1. The van der Waals surface area contributed by atoms with Gasteiger partial charge in [0.15, 0.2) is 0 Å². The number of halogens is 1. The molecule has 0 saturated carbocycles. The van der Waals surface area contributed by atoms with Gasteiger partial charge in [0, 0.05) is 5.56 Å². The molecule has 0 unspecified atom stereocenters. The molecule has 0 bridgehead atoms. The van der Waals surface area contributed by atoms with E-state index in [0.717, 1.165) is 11.3 Å². The van der Waals surface area contributed by atoms with E-state index in [9.17, 15) is 8.42 Å². The van der Waals surface area contributed by atoms with Crippen molar-refractivity contribution in [2.75, 3.05) is 18.5 Å². The van der Waals surface area contributed by atoms with Crippen molar-refractivity contribution in [3.63, 3.8) is 0 Å². The van der Waals surface area contributed by atoms with Gasteiger partial charge < -0.3 is 9.47 Å². The number of ether oxygens (including phenoxy) is 2. The number of rotatable bonds is 3. The maximum absolute atomic E-state index is 11.4. The average molecular weight is 328 g/mol. The first-order valence-electron chi connectivity index (χ1n) is 4.44. The van der Waals surface area contributed by atoms with Crippen molar-refractivity contribution < 1.29 is 17.9 Å². The van der Waals surface area contributed by atoms with E-state index >= 15 is 0 Å². The van der Waals surface area contributed by atoms with E-state index in [0.29, 0.717) is 24.1 Å². The van der Waals surface area contributed by atoms with Gasteiger partial charge in [0.05, 0.1) is 18.5 Å². The van der Waals surface area contributed by atoms with Crippen LogP contribution >= 0.6 is 27.3 Å². The van der Waals surface area contributed by atoms with Gasteiger partial charge in [-0.3, -0.25) is 0 Å². The highest BCUT2D eigenvalue weighted by molar-refractivity contribution is 9.09. The highest BCUT2D eigenvalue weighted by atomic mass is 79.9. The average Bonchev–Trinajstić information content (AvgIpc) is 2.86. The number of thiophene rings is 1. The lowest BCUT2D eigenvalue weighted by molar-refractivity contribution is -0.145. The Morgan fingerprint density at radius 2 is 2.12 bits per heavy atom. The second kappa shape index (κ2) is 4.35. The molecule has 0 aliphatic carbocycles. The van der Waals surface area contributed by atoms with Crippen LogP contribution in [0.3, 0.4) is 0 Å². The lowest BCUT2D eigenvalue weighted by Crippen LogP contribution is -2.31. The van der Waals surface area contributed by atoms with Gasteiger partial charge in [-0.25, -0.2) is 13.6 Å². The van der Waals surface area contributed by atoms with Crippen LogP contribution in [-0.2, 0) is 25.3 Å². The summed E-state index contributed by atoms with van der Waals surface area (Å²) in [7, 11) is -3.74. The van der Waals surface area contributed by atoms with Gasteiger partial charge in [-0.1, -0.05) is 15.9 Å². The van der Waals surface area contributed by atoms with E-state index < -0.39 is 15.8 Å².